The molecule has 0 bridgehead atoms. The molecule has 0 N–H and O–H groups in total. The lowest BCUT2D eigenvalue weighted by Crippen LogP contribution is -2.14. The van der Waals surface area contributed by atoms with E-state index in [9.17, 15) is 4.79 Å². The predicted molar refractivity (Wildman–Crippen MR) is 91.4 cm³/mol. The summed E-state index contributed by atoms with van der Waals surface area (Å²) in [6.45, 7) is 2.17. The summed E-state index contributed by atoms with van der Waals surface area (Å²) in [5.74, 6) is 1.27. The Morgan fingerprint density at radius 3 is 2.96 bits per heavy atom. The summed E-state index contributed by atoms with van der Waals surface area (Å²) in [7, 11) is 1.60. The minimum absolute atomic E-state index is 0.106. The van der Waals surface area contributed by atoms with Crippen LogP contribution < -0.4 is 15.0 Å². The van der Waals surface area contributed by atoms with Gasteiger partial charge in [-0.25, -0.2) is 4.98 Å². The van der Waals surface area contributed by atoms with Crippen molar-refractivity contribution in [2.24, 2.45) is 0 Å². The molecule has 0 radical (unpaired) electrons. The second-order valence-corrected chi connectivity index (χ2v) is 5.71. The molecule has 23 heavy (non-hydrogen) atoms. The van der Waals surface area contributed by atoms with Crippen molar-refractivity contribution in [2.75, 3.05) is 7.11 Å². The Hall–Kier alpha value is -2.60. The lowest BCUT2D eigenvalue weighted by Gasteiger charge is -2.11. The van der Waals surface area contributed by atoms with E-state index in [4.69, 9.17) is 9.47 Å². The zero-order valence-corrected chi connectivity index (χ0v) is 13.7. The fraction of sp³-hybridized carbons (Fsp3) is 0.176. The molecule has 1 aromatic carbocycles. The molecule has 3 aromatic rings. The highest BCUT2D eigenvalue weighted by molar-refractivity contribution is 7.15. The zero-order valence-electron chi connectivity index (χ0n) is 12.9. The molecule has 2 aromatic heterocycles. The molecule has 3 rings (SSSR count). The van der Waals surface area contributed by atoms with Crippen molar-refractivity contribution in [1.82, 2.24) is 9.38 Å². The molecule has 0 amide bonds. The van der Waals surface area contributed by atoms with Crippen LogP contribution in [0.25, 0.3) is 11.0 Å². The van der Waals surface area contributed by atoms with Gasteiger partial charge in [0, 0.05) is 17.6 Å². The van der Waals surface area contributed by atoms with E-state index in [-0.39, 0.29) is 12.2 Å². The maximum absolute atomic E-state index is 12.0. The second-order valence-electron chi connectivity index (χ2n) is 4.84. The van der Waals surface area contributed by atoms with Crippen LogP contribution in [0.2, 0.25) is 0 Å². The van der Waals surface area contributed by atoms with Gasteiger partial charge < -0.3 is 9.47 Å². The minimum Gasteiger partial charge on any atom is -0.493 e. The first kappa shape index (κ1) is 15.3. The Morgan fingerprint density at radius 2 is 2.17 bits per heavy atom. The van der Waals surface area contributed by atoms with Crippen LogP contribution in [0, 0.1) is 0 Å². The maximum Gasteiger partial charge on any atom is 0.258 e. The third-order valence-electron chi connectivity index (χ3n) is 3.28. The maximum atomic E-state index is 12.0. The van der Waals surface area contributed by atoms with Crippen molar-refractivity contribution >= 4 is 22.4 Å². The quantitative estimate of drug-likeness (QED) is 0.720. The normalized spacial score (nSPS) is 11.2. The van der Waals surface area contributed by atoms with E-state index in [1.807, 2.05) is 42.7 Å². The van der Waals surface area contributed by atoms with Gasteiger partial charge in [-0.15, -0.1) is 11.3 Å². The van der Waals surface area contributed by atoms with E-state index in [1.54, 1.807) is 13.3 Å². The molecule has 6 heteroatoms. The van der Waals surface area contributed by atoms with Crippen LogP contribution in [-0.2, 0) is 6.61 Å². The highest BCUT2D eigenvalue weighted by atomic mass is 32.1. The number of ether oxygens (including phenoxy) is 2. The summed E-state index contributed by atoms with van der Waals surface area (Å²) in [5, 5.41) is 1.83. The molecule has 0 saturated carbocycles. The fourth-order valence-electron chi connectivity index (χ4n) is 2.21. The minimum atomic E-state index is -0.106. The lowest BCUT2D eigenvalue weighted by molar-refractivity contribution is 0.280. The van der Waals surface area contributed by atoms with Crippen molar-refractivity contribution in [3.8, 4) is 11.5 Å². The molecule has 2 heterocycles. The molecule has 0 atom stereocenters. The average Bonchev–Trinajstić information content (AvgIpc) is 3.03. The Labute approximate surface area is 137 Å². The molecule has 0 aliphatic carbocycles. The van der Waals surface area contributed by atoms with Crippen molar-refractivity contribution in [1.29, 1.82) is 0 Å². The summed E-state index contributed by atoms with van der Waals surface area (Å²) in [5.41, 5.74) is 1.52. The summed E-state index contributed by atoms with van der Waals surface area (Å²) in [6.07, 6.45) is 5.66. The van der Waals surface area contributed by atoms with Gasteiger partial charge >= 0.3 is 0 Å². The summed E-state index contributed by atoms with van der Waals surface area (Å²) >= 11 is 1.42. The largest absolute Gasteiger partial charge is 0.493 e. The van der Waals surface area contributed by atoms with Crippen LogP contribution in [0.3, 0.4) is 0 Å². The van der Waals surface area contributed by atoms with Gasteiger partial charge in [-0.3, -0.25) is 9.20 Å². The number of thiazole rings is 1. The van der Waals surface area contributed by atoms with Crippen LogP contribution in [0.4, 0.5) is 0 Å². The van der Waals surface area contributed by atoms with Gasteiger partial charge in [0.2, 0.25) is 0 Å². The van der Waals surface area contributed by atoms with Crippen molar-refractivity contribution < 1.29 is 9.47 Å². The van der Waals surface area contributed by atoms with E-state index in [0.29, 0.717) is 22.2 Å². The highest BCUT2D eigenvalue weighted by Crippen LogP contribution is 2.29. The van der Waals surface area contributed by atoms with Crippen LogP contribution >= 0.6 is 11.3 Å². The van der Waals surface area contributed by atoms with Crippen molar-refractivity contribution in [3.05, 3.63) is 63.5 Å². The number of hydrogen-bond donors (Lipinski definition) is 0. The number of hydrogen-bond acceptors (Lipinski definition) is 5. The Bertz CT molecular complexity index is 912. The molecule has 0 aliphatic rings. The number of methoxy groups -OCH3 is 1. The standard InChI is InChI=1S/C17H16N2O3S/c1-3-4-12-5-6-14(15(9-12)21-2)22-11-13-10-16(20)19-7-8-23-17(19)18-13/h3-10H,11H2,1-2H3/b4-3+. The summed E-state index contributed by atoms with van der Waals surface area (Å²) in [6, 6.07) is 7.19. The van der Waals surface area contributed by atoms with Gasteiger partial charge in [0.25, 0.3) is 5.56 Å². The molecular formula is C17H16N2O3S. The number of fused-ring (bicyclic) bond motifs is 1. The zero-order chi connectivity index (χ0) is 16.2. The number of aromatic nitrogens is 2. The third-order valence-corrected chi connectivity index (χ3v) is 4.04. The Morgan fingerprint density at radius 1 is 1.30 bits per heavy atom. The monoisotopic (exact) mass is 328 g/mol. The molecule has 0 fully saturated rings. The van der Waals surface area contributed by atoms with Gasteiger partial charge in [-0.1, -0.05) is 18.2 Å². The number of benzene rings is 1. The topological polar surface area (TPSA) is 52.8 Å². The van der Waals surface area contributed by atoms with E-state index >= 15 is 0 Å². The van der Waals surface area contributed by atoms with Crippen LogP contribution in [-0.4, -0.2) is 16.5 Å². The van der Waals surface area contributed by atoms with Gasteiger partial charge in [-0.05, 0) is 24.6 Å². The lowest BCUT2D eigenvalue weighted by atomic mass is 10.2. The molecule has 0 saturated heterocycles. The van der Waals surface area contributed by atoms with Gasteiger partial charge in [0.1, 0.15) is 6.61 Å². The molecule has 118 valence electrons. The first-order chi connectivity index (χ1) is 11.2. The summed E-state index contributed by atoms with van der Waals surface area (Å²) in [4.78, 5) is 17.0. The van der Waals surface area contributed by atoms with E-state index in [0.717, 1.165) is 5.56 Å². The van der Waals surface area contributed by atoms with E-state index in [1.165, 1.54) is 21.8 Å². The van der Waals surface area contributed by atoms with Crippen molar-refractivity contribution in [3.63, 3.8) is 0 Å². The van der Waals surface area contributed by atoms with Crippen LogP contribution in [0.15, 0.2) is 46.7 Å². The summed E-state index contributed by atoms with van der Waals surface area (Å²) < 4.78 is 12.6. The molecule has 0 aliphatic heterocycles. The number of rotatable bonds is 5. The fourth-order valence-corrected chi connectivity index (χ4v) is 2.95. The van der Waals surface area contributed by atoms with Crippen molar-refractivity contribution in [2.45, 2.75) is 13.5 Å². The van der Waals surface area contributed by atoms with Crippen LogP contribution in [0.1, 0.15) is 18.2 Å². The first-order valence-corrected chi connectivity index (χ1v) is 7.98. The predicted octanol–water partition coefficient (Wildman–Crippen LogP) is 3.38. The number of nitrogens with zero attached hydrogens (tertiary/aromatic N) is 2. The number of allylic oxidation sites excluding steroid dienone is 1. The van der Waals surface area contributed by atoms with E-state index < -0.39 is 0 Å². The Balaban J connectivity index is 1.82. The SMILES string of the molecule is C/C=C/c1ccc(OCc2cc(=O)n3ccsc3n2)c(OC)c1. The molecule has 0 unspecified atom stereocenters. The second kappa shape index (κ2) is 6.66. The van der Waals surface area contributed by atoms with Gasteiger partial charge in [0.15, 0.2) is 16.5 Å². The molecular weight excluding hydrogens is 312 g/mol. The molecule has 0 spiro atoms. The average molecular weight is 328 g/mol. The highest BCUT2D eigenvalue weighted by Gasteiger charge is 2.08. The third kappa shape index (κ3) is 3.27. The Kier molecular flexibility index (Phi) is 4.43. The first-order valence-electron chi connectivity index (χ1n) is 7.10. The van der Waals surface area contributed by atoms with Crippen LogP contribution in [0.5, 0.6) is 11.5 Å². The van der Waals surface area contributed by atoms with Gasteiger partial charge in [-0.2, -0.15) is 0 Å². The smallest absolute Gasteiger partial charge is 0.258 e. The van der Waals surface area contributed by atoms with Gasteiger partial charge in [0.05, 0.1) is 12.8 Å². The molecule has 5 nitrogen and oxygen atoms in total. The van der Waals surface area contributed by atoms with E-state index in [2.05, 4.69) is 4.98 Å².